The largest absolute Gasteiger partial charge is 0.872 e. The van der Waals surface area contributed by atoms with Crippen molar-refractivity contribution in [3.63, 3.8) is 0 Å². The molecule has 2 rings (SSSR count). The SMILES string of the molecule is CC[O-].CC[O-].COc1ccc(/C([O-])=C/C(C)=O)cc1OC.COc1ccc(/C([O-])=C/C(C)=O)cc1OC.[Ti]. The molecule has 216 valence electrons. The van der Waals surface area contributed by atoms with Crippen molar-refractivity contribution < 1.29 is 70.7 Å². The molecule has 10 nitrogen and oxygen atoms in total. The molecule has 0 radical (unpaired) electrons. The molecule has 0 aliphatic carbocycles. The first-order valence-corrected chi connectivity index (χ1v) is 11.4. The van der Waals surface area contributed by atoms with E-state index in [1.54, 1.807) is 50.2 Å². The first-order chi connectivity index (χ1) is 18.0. The van der Waals surface area contributed by atoms with Gasteiger partial charge in [-0.25, -0.2) is 0 Å². The Bertz CT molecular complexity index is 965. The molecule has 0 saturated carbocycles. The first-order valence-electron chi connectivity index (χ1n) is 11.4. The van der Waals surface area contributed by atoms with Gasteiger partial charge in [0.15, 0.2) is 34.6 Å². The Morgan fingerprint density at radius 3 is 1.10 bits per heavy atom. The van der Waals surface area contributed by atoms with E-state index in [4.69, 9.17) is 29.2 Å². The normalized spacial score (nSPS) is 10.0. The monoisotopic (exact) mass is 580 g/mol. The van der Waals surface area contributed by atoms with Crippen LogP contribution in [-0.4, -0.2) is 53.2 Å². The van der Waals surface area contributed by atoms with Crippen molar-refractivity contribution in [1.82, 2.24) is 0 Å². The molecule has 0 aliphatic heterocycles. The molecular weight excluding hydrogens is 544 g/mol. The minimum Gasteiger partial charge on any atom is -0.872 e. The molecule has 0 spiro atoms. The standard InChI is InChI=1S/2C12H14O4.2C2H5O.Ti/c2*1-8(13)6-10(14)9-4-5-11(15-2)12(7-9)16-3;2*1-2-3;/h2*4-7,14H,1-3H3;2*2H2,1H3;/q;;2*-1;/p-2/b2*10-6-;;;. The average Bonchev–Trinajstić information content (AvgIpc) is 2.88. The summed E-state index contributed by atoms with van der Waals surface area (Å²) in [6.07, 6.45) is 2.09. The van der Waals surface area contributed by atoms with E-state index < -0.39 is 0 Å². The number of rotatable bonds is 8. The van der Waals surface area contributed by atoms with Crippen molar-refractivity contribution in [3.8, 4) is 23.0 Å². The Hall–Kier alpha value is -3.31. The summed E-state index contributed by atoms with van der Waals surface area (Å²) in [5.41, 5.74) is 0.792. The molecule has 0 aromatic heterocycles. The van der Waals surface area contributed by atoms with Gasteiger partial charge in [-0.3, -0.25) is 9.59 Å². The predicted molar refractivity (Wildman–Crippen MR) is 137 cm³/mol. The van der Waals surface area contributed by atoms with Crippen LogP contribution in [0.25, 0.3) is 11.5 Å². The van der Waals surface area contributed by atoms with E-state index in [9.17, 15) is 19.8 Å². The van der Waals surface area contributed by atoms with E-state index in [0.29, 0.717) is 34.1 Å². The van der Waals surface area contributed by atoms with Crippen LogP contribution in [0.5, 0.6) is 23.0 Å². The first kappa shape index (κ1) is 40.2. The average molecular weight is 580 g/mol. The zero-order chi connectivity index (χ0) is 29.7. The molecule has 11 heteroatoms. The van der Waals surface area contributed by atoms with E-state index in [1.807, 2.05) is 0 Å². The van der Waals surface area contributed by atoms with Crippen LogP contribution in [0.4, 0.5) is 0 Å². The third-order valence-corrected chi connectivity index (χ3v) is 4.00. The Kier molecular flexibility index (Phi) is 24.5. The van der Waals surface area contributed by atoms with Crippen molar-refractivity contribution >= 4 is 23.1 Å². The number of carbonyl (C=O) groups is 2. The van der Waals surface area contributed by atoms with Gasteiger partial charge in [-0.1, -0.05) is 37.5 Å². The fraction of sp³-hybridized carbons (Fsp3) is 0.357. The van der Waals surface area contributed by atoms with Crippen LogP contribution in [0, 0.1) is 0 Å². The number of hydrogen-bond donors (Lipinski definition) is 0. The van der Waals surface area contributed by atoms with Gasteiger partial charge < -0.3 is 39.4 Å². The fourth-order valence-corrected chi connectivity index (χ4v) is 2.51. The van der Waals surface area contributed by atoms with E-state index in [1.165, 1.54) is 42.3 Å². The number of methoxy groups -OCH3 is 4. The molecule has 0 atom stereocenters. The maximum absolute atomic E-state index is 11.6. The number of ether oxygens (including phenoxy) is 4. The number of benzene rings is 2. The predicted octanol–water partition coefficient (Wildman–Crippen LogP) is 0.719. The molecule has 0 saturated heterocycles. The van der Waals surface area contributed by atoms with E-state index in [0.717, 1.165) is 12.2 Å². The van der Waals surface area contributed by atoms with E-state index in [2.05, 4.69) is 0 Å². The van der Waals surface area contributed by atoms with Gasteiger partial charge in [0.25, 0.3) is 0 Å². The third kappa shape index (κ3) is 17.0. The van der Waals surface area contributed by atoms with Crippen LogP contribution in [0.15, 0.2) is 48.6 Å². The summed E-state index contributed by atoms with van der Waals surface area (Å²) in [6, 6.07) is 9.51. The maximum atomic E-state index is 11.6. The zero-order valence-electron chi connectivity index (χ0n) is 23.6. The van der Waals surface area contributed by atoms with Crippen molar-refractivity contribution in [2.24, 2.45) is 0 Å². The Balaban J connectivity index is -0.000000541. The van der Waals surface area contributed by atoms with Gasteiger partial charge >= 0.3 is 0 Å². The minimum atomic E-state index is -0.339. The summed E-state index contributed by atoms with van der Waals surface area (Å²) >= 11 is 0. The zero-order valence-corrected chi connectivity index (χ0v) is 25.2. The van der Waals surface area contributed by atoms with E-state index in [-0.39, 0.29) is 58.0 Å². The van der Waals surface area contributed by atoms with Crippen LogP contribution in [0.1, 0.15) is 38.8 Å². The molecule has 0 amide bonds. The Labute approximate surface area is 245 Å². The van der Waals surface area contributed by atoms with Crippen molar-refractivity contribution in [2.45, 2.75) is 27.7 Å². The second kappa shape index (κ2) is 23.8. The second-order valence-electron chi connectivity index (χ2n) is 6.96. The molecule has 0 aliphatic rings. The second-order valence-corrected chi connectivity index (χ2v) is 6.96. The topological polar surface area (TPSA) is 163 Å². The number of allylic oxidation sites excluding steroid dienone is 2. The molecule has 0 heterocycles. The van der Waals surface area contributed by atoms with Crippen molar-refractivity contribution in [2.75, 3.05) is 41.7 Å². The summed E-state index contributed by atoms with van der Waals surface area (Å²) in [4.78, 5) is 21.5. The molecule has 2 aromatic rings. The number of carbonyl (C=O) groups excluding carboxylic acids is 2. The summed E-state index contributed by atoms with van der Waals surface area (Å²) < 4.78 is 20.2. The molecule has 39 heavy (non-hydrogen) atoms. The van der Waals surface area contributed by atoms with Crippen LogP contribution < -0.4 is 39.4 Å². The van der Waals surface area contributed by atoms with Gasteiger partial charge in [0.05, 0.1) is 28.4 Å². The van der Waals surface area contributed by atoms with Crippen molar-refractivity contribution in [1.29, 1.82) is 0 Å². The molecule has 0 unspecified atom stereocenters. The molecule has 0 bridgehead atoms. The number of hydrogen-bond acceptors (Lipinski definition) is 10. The molecule has 0 fully saturated rings. The summed E-state index contributed by atoms with van der Waals surface area (Å²) in [5, 5.41) is 41.0. The smallest absolute Gasteiger partial charge is 0.161 e. The van der Waals surface area contributed by atoms with Gasteiger partial charge in [0, 0.05) is 21.7 Å². The van der Waals surface area contributed by atoms with Crippen LogP contribution in [-0.2, 0) is 31.3 Å². The van der Waals surface area contributed by atoms with Gasteiger partial charge in [0.2, 0.25) is 0 Å². The summed E-state index contributed by atoms with van der Waals surface area (Å²) in [6.45, 7) is 5.80. The van der Waals surface area contributed by atoms with Gasteiger partial charge in [-0.15, -0.1) is 13.2 Å². The minimum absolute atomic E-state index is 0. The van der Waals surface area contributed by atoms with Gasteiger partial charge in [-0.05, 0) is 61.4 Å². The van der Waals surface area contributed by atoms with Crippen molar-refractivity contribution in [3.05, 3.63) is 59.7 Å². The maximum Gasteiger partial charge on any atom is 0.161 e. The molecule has 2 aromatic carbocycles. The van der Waals surface area contributed by atoms with Crippen LogP contribution in [0.2, 0.25) is 0 Å². The number of ketones is 2. The third-order valence-electron chi connectivity index (χ3n) is 4.00. The van der Waals surface area contributed by atoms with Gasteiger partial charge in [-0.2, -0.15) is 0 Å². The quantitative estimate of drug-likeness (QED) is 0.247. The molecule has 0 N–H and O–H groups in total. The Morgan fingerprint density at radius 1 is 0.641 bits per heavy atom. The summed E-state index contributed by atoms with van der Waals surface area (Å²) in [7, 11) is 6.00. The van der Waals surface area contributed by atoms with Crippen LogP contribution >= 0.6 is 0 Å². The molecular formula is C28H36O10Ti-4. The fourth-order valence-electron chi connectivity index (χ4n) is 2.51. The Morgan fingerprint density at radius 2 is 0.897 bits per heavy atom. The van der Waals surface area contributed by atoms with Crippen LogP contribution in [0.3, 0.4) is 0 Å². The van der Waals surface area contributed by atoms with Gasteiger partial charge in [0.1, 0.15) is 0 Å². The summed E-state index contributed by atoms with van der Waals surface area (Å²) in [5.74, 6) is 0.779. The van der Waals surface area contributed by atoms with E-state index >= 15 is 0 Å².